The maximum absolute atomic E-state index is 12.3. The predicted molar refractivity (Wildman–Crippen MR) is 84.8 cm³/mol. The Morgan fingerprint density at radius 2 is 1.78 bits per heavy atom. The van der Waals surface area contributed by atoms with E-state index in [0.29, 0.717) is 25.2 Å². The minimum Gasteiger partial charge on any atom is -0.475 e. The maximum atomic E-state index is 12.3. The second kappa shape index (κ2) is 8.33. The first-order valence-electron chi connectivity index (χ1n) is 8.03. The van der Waals surface area contributed by atoms with Gasteiger partial charge in [-0.1, -0.05) is 0 Å². The van der Waals surface area contributed by atoms with E-state index in [2.05, 4.69) is 10.3 Å². The molecule has 2 saturated heterocycles. The number of rotatable bonds is 1. The molecule has 2 aliphatic rings. The van der Waals surface area contributed by atoms with Crippen molar-refractivity contribution < 1.29 is 37.4 Å². The SMILES string of the molecule is O=C(O)C(F)(F)F.O=C1COC2(CCN(C(=O)c3ccncc3)CC2)CN1. The topological polar surface area (TPSA) is 109 Å². The van der Waals surface area contributed by atoms with Crippen molar-refractivity contribution in [3.8, 4) is 0 Å². The van der Waals surface area contributed by atoms with E-state index in [-0.39, 0.29) is 24.0 Å². The molecule has 1 aromatic rings. The number of aromatic nitrogens is 1. The van der Waals surface area contributed by atoms with Crippen molar-refractivity contribution >= 4 is 17.8 Å². The standard InChI is InChI=1S/C14H17N3O3.C2HF3O2/c18-12-9-20-14(10-16-12)3-7-17(8-4-14)13(19)11-1-5-15-6-2-11;3-2(4,5)1(6)7/h1-2,5-6H,3-4,7-10H2,(H,16,18);(H,6,7). The molecular weight excluding hydrogens is 371 g/mol. The number of piperidine rings is 1. The van der Waals surface area contributed by atoms with Crippen LogP contribution in [0.25, 0.3) is 0 Å². The molecule has 0 bridgehead atoms. The maximum Gasteiger partial charge on any atom is 0.490 e. The number of amides is 2. The Balaban J connectivity index is 0.000000321. The van der Waals surface area contributed by atoms with Crippen LogP contribution in [0, 0.1) is 0 Å². The smallest absolute Gasteiger partial charge is 0.475 e. The number of alkyl halides is 3. The van der Waals surface area contributed by atoms with E-state index in [1.807, 2.05) is 4.90 Å². The van der Waals surface area contributed by atoms with E-state index in [1.54, 1.807) is 24.5 Å². The lowest BCUT2D eigenvalue weighted by atomic mass is 9.89. The minimum absolute atomic E-state index is 0.0297. The zero-order valence-electron chi connectivity index (χ0n) is 14.2. The minimum atomic E-state index is -5.08. The molecule has 0 aliphatic carbocycles. The highest BCUT2D eigenvalue weighted by Crippen LogP contribution is 2.28. The van der Waals surface area contributed by atoms with Gasteiger partial charge in [0.25, 0.3) is 5.91 Å². The number of nitrogens with one attached hydrogen (secondary N) is 1. The Morgan fingerprint density at radius 1 is 1.22 bits per heavy atom. The van der Waals surface area contributed by atoms with Gasteiger partial charge in [0.1, 0.15) is 6.61 Å². The highest BCUT2D eigenvalue weighted by molar-refractivity contribution is 5.94. The number of likely N-dealkylation sites (tertiary alicyclic amines) is 1. The molecule has 0 unspecified atom stereocenters. The van der Waals surface area contributed by atoms with Crippen molar-refractivity contribution in [2.45, 2.75) is 24.6 Å². The van der Waals surface area contributed by atoms with Gasteiger partial charge in [0, 0.05) is 37.6 Å². The summed E-state index contributed by atoms with van der Waals surface area (Å²) >= 11 is 0. The summed E-state index contributed by atoms with van der Waals surface area (Å²) in [4.78, 5) is 38.1. The Labute approximate surface area is 152 Å². The van der Waals surface area contributed by atoms with Gasteiger partial charge in [0.2, 0.25) is 5.91 Å². The number of morpholine rings is 1. The monoisotopic (exact) mass is 389 g/mol. The molecule has 1 spiro atoms. The van der Waals surface area contributed by atoms with Crippen LogP contribution in [0.15, 0.2) is 24.5 Å². The van der Waals surface area contributed by atoms with Crippen molar-refractivity contribution in [2.24, 2.45) is 0 Å². The zero-order valence-corrected chi connectivity index (χ0v) is 14.2. The van der Waals surface area contributed by atoms with Gasteiger partial charge in [-0.05, 0) is 25.0 Å². The number of hydrogen-bond donors (Lipinski definition) is 2. The molecule has 1 aromatic heterocycles. The van der Waals surface area contributed by atoms with E-state index in [1.165, 1.54) is 0 Å². The fourth-order valence-corrected chi connectivity index (χ4v) is 2.70. The predicted octanol–water partition coefficient (Wildman–Crippen LogP) is 0.836. The van der Waals surface area contributed by atoms with Crippen molar-refractivity contribution in [2.75, 3.05) is 26.2 Å². The number of aliphatic carboxylic acids is 1. The molecule has 3 heterocycles. The molecule has 0 saturated carbocycles. The molecule has 2 amide bonds. The zero-order chi connectivity index (χ0) is 20.1. The van der Waals surface area contributed by atoms with Crippen LogP contribution in [0.3, 0.4) is 0 Å². The largest absolute Gasteiger partial charge is 0.490 e. The number of carbonyl (C=O) groups excluding carboxylic acids is 2. The number of ether oxygens (including phenoxy) is 1. The summed E-state index contributed by atoms with van der Waals surface area (Å²) in [6.45, 7) is 1.97. The molecule has 27 heavy (non-hydrogen) atoms. The summed E-state index contributed by atoms with van der Waals surface area (Å²) < 4.78 is 37.4. The van der Waals surface area contributed by atoms with Gasteiger partial charge in [0.15, 0.2) is 0 Å². The van der Waals surface area contributed by atoms with Gasteiger partial charge in [-0.2, -0.15) is 13.2 Å². The Bertz CT molecular complexity index is 676. The van der Waals surface area contributed by atoms with Crippen molar-refractivity contribution in [3.05, 3.63) is 30.1 Å². The molecule has 3 rings (SSSR count). The van der Waals surface area contributed by atoms with Crippen molar-refractivity contribution in [1.82, 2.24) is 15.2 Å². The van der Waals surface area contributed by atoms with Gasteiger partial charge in [-0.25, -0.2) is 4.79 Å². The summed E-state index contributed by atoms with van der Waals surface area (Å²) in [7, 11) is 0. The third-order valence-corrected chi connectivity index (χ3v) is 4.25. The number of carboxylic acid groups (broad SMARTS) is 1. The van der Waals surface area contributed by atoms with E-state index in [4.69, 9.17) is 14.6 Å². The van der Waals surface area contributed by atoms with Crippen LogP contribution in [0.5, 0.6) is 0 Å². The normalized spacial score (nSPS) is 18.9. The Morgan fingerprint density at radius 3 is 2.22 bits per heavy atom. The third-order valence-electron chi connectivity index (χ3n) is 4.25. The number of pyridine rings is 1. The molecule has 0 radical (unpaired) electrons. The van der Waals surface area contributed by atoms with Crippen LogP contribution < -0.4 is 5.32 Å². The Kier molecular flexibility index (Phi) is 6.37. The first-order chi connectivity index (χ1) is 12.6. The summed E-state index contributed by atoms with van der Waals surface area (Å²) in [5, 5.41) is 9.97. The number of carbonyl (C=O) groups is 3. The Hall–Kier alpha value is -2.69. The van der Waals surface area contributed by atoms with Gasteiger partial charge < -0.3 is 20.1 Å². The molecule has 0 atom stereocenters. The first kappa shape index (κ1) is 20.6. The average molecular weight is 389 g/mol. The van der Waals surface area contributed by atoms with E-state index in [0.717, 1.165) is 12.8 Å². The number of nitrogens with zero attached hydrogens (tertiary/aromatic N) is 2. The van der Waals surface area contributed by atoms with E-state index < -0.39 is 12.1 Å². The highest BCUT2D eigenvalue weighted by Gasteiger charge is 2.40. The van der Waals surface area contributed by atoms with Gasteiger partial charge in [-0.3, -0.25) is 14.6 Å². The lowest BCUT2D eigenvalue weighted by Gasteiger charge is -2.43. The second-order valence-electron chi connectivity index (χ2n) is 6.08. The summed E-state index contributed by atoms with van der Waals surface area (Å²) in [5.41, 5.74) is 0.372. The molecule has 2 N–H and O–H groups in total. The van der Waals surface area contributed by atoms with E-state index in [9.17, 15) is 22.8 Å². The molecule has 0 aromatic carbocycles. The summed E-state index contributed by atoms with van der Waals surface area (Å²) in [5.74, 6) is -2.79. The number of halogens is 3. The van der Waals surface area contributed by atoms with Gasteiger partial charge >= 0.3 is 12.1 Å². The second-order valence-corrected chi connectivity index (χ2v) is 6.08. The van der Waals surface area contributed by atoms with Gasteiger partial charge in [-0.15, -0.1) is 0 Å². The average Bonchev–Trinajstić information content (AvgIpc) is 2.65. The molecule has 148 valence electrons. The summed E-state index contributed by atoms with van der Waals surface area (Å²) in [6.07, 6.45) is -0.328. The van der Waals surface area contributed by atoms with Gasteiger partial charge in [0.05, 0.1) is 5.60 Å². The first-order valence-corrected chi connectivity index (χ1v) is 8.03. The molecule has 2 fully saturated rings. The van der Waals surface area contributed by atoms with Crippen LogP contribution in [0.4, 0.5) is 13.2 Å². The van der Waals surface area contributed by atoms with Crippen molar-refractivity contribution in [3.63, 3.8) is 0 Å². The molecule has 11 heteroatoms. The lowest BCUT2D eigenvalue weighted by Crippen LogP contribution is -2.58. The lowest BCUT2D eigenvalue weighted by molar-refractivity contribution is -0.192. The van der Waals surface area contributed by atoms with E-state index >= 15 is 0 Å². The van der Waals surface area contributed by atoms with Crippen LogP contribution in [0.1, 0.15) is 23.2 Å². The number of carboxylic acids is 1. The summed E-state index contributed by atoms with van der Waals surface area (Å²) in [6, 6.07) is 3.45. The third kappa shape index (κ3) is 5.64. The van der Waals surface area contributed by atoms with Crippen LogP contribution >= 0.6 is 0 Å². The number of hydrogen-bond acceptors (Lipinski definition) is 5. The fraction of sp³-hybridized carbons (Fsp3) is 0.500. The fourth-order valence-electron chi connectivity index (χ4n) is 2.70. The van der Waals surface area contributed by atoms with Crippen molar-refractivity contribution in [1.29, 1.82) is 0 Å². The molecular formula is C16H18F3N3O5. The van der Waals surface area contributed by atoms with Crippen LogP contribution in [-0.4, -0.2) is 70.8 Å². The molecule has 8 nitrogen and oxygen atoms in total. The van der Waals surface area contributed by atoms with Crippen LogP contribution in [-0.2, 0) is 14.3 Å². The molecule has 2 aliphatic heterocycles. The quantitative estimate of drug-likeness (QED) is 0.737. The highest BCUT2D eigenvalue weighted by atomic mass is 19.4. The van der Waals surface area contributed by atoms with Crippen LogP contribution in [0.2, 0.25) is 0 Å².